The van der Waals surface area contributed by atoms with Crippen LogP contribution in [0.15, 0.2) is 67.1 Å². The summed E-state index contributed by atoms with van der Waals surface area (Å²) in [7, 11) is 0. The Morgan fingerprint density at radius 1 is 0.533 bits per heavy atom. The molecule has 50 nitrogen and oxygen atoms in total. The maximum absolute atomic E-state index is 15.0. The van der Waals surface area contributed by atoms with E-state index in [-0.39, 0.29) is 139 Å². The lowest BCUT2D eigenvalue weighted by molar-refractivity contribution is -0.149. The van der Waals surface area contributed by atoms with E-state index in [1.165, 1.54) is 50.6 Å². The second-order valence-electron chi connectivity index (χ2n) is 33.1. The number of carboxylic acid groups (broad SMARTS) is 1. The van der Waals surface area contributed by atoms with Crippen LogP contribution in [0.3, 0.4) is 0 Å². The fourth-order valence-electron chi connectivity index (χ4n) is 14.4. The second-order valence-corrected chi connectivity index (χ2v) is 33.8. The number of aliphatic hydroxyl groups is 1. The molecule has 0 spiro atoms. The molecule has 5 rings (SSSR count). The van der Waals surface area contributed by atoms with Gasteiger partial charge in [-0.15, -0.1) is 0 Å². The molecule has 2 aliphatic heterocycles. The molecule has 0 bridgehead atoms. The number of aliphatic hydroxyl groups excluding tert-OH is 1. The normalized spacial score (nSPS) is 17.4. The third-order valence-corrected chi connectivity index (χ3v) is 23.3. The van der Waals surface area contributed by atoms with Crippen molar-refractivity contribution < 1.29 is 102 Å². The zero-order chi connectivity index (χ0) is 102. The highest BCUT2D eigenvalue weighted by atomic mass is 32.1. The zero-order valence-corrected chi connectivity index (χ0v) is 78.8. The molecule has 2 aliphatic rings. The van der Waals surface area contributed by atoms with Crippen molar-refractivity contribution in [2.24, 2.45) is 34.8 Å². The monoisotopic (exact) mass is 1960 g/mol. The number of ketones is 3. The summed E-state index contributed by atoms with van der Waals surface area (Å²) in [4.78, 5) is 258. The number of thiol groups is 2. The number of amides is 14. The van der Waals surface area contributed by atoms with Gasteiger partial charge in [0.25, 0.3) is 0 Å². The van der Waals surface area contributed by atoms with Gasteiger partial charge in [-0.05, 0) is 86.5 Å². The number of aliphatic carboxylic acids is 1. The molecule has 0 radical (unpaired) electrons. The molecule has 756 valence electrons. The summed E-state index contributed by atoms with van der Waals surface area (Å²) >= 11 is 8.42. The summed E-state index contributed by atoms with van der Waals surface area (Å²) in [5.41, 5.74) is 29.3. The van der Waals surface area contributed by atoms with Gasteiger partial charge >= 0.3 is 5.97 Å². The Balaban J connectivity index is 1.28. The van der Waals surface area contributed by atoms with Crippen LogP contribution in [0.2, 0.25) is 0 Å². The Kier molecular flexibility index (Phi) is 49.8. The number of carboxylic acids is 1. The Labute approximate surface area is 802 Å². The summed E-state index contributed by atoms with van der Waals surface area (Å²) in [6.07, 6.45) is 2.99. The molecular formula is C85H133N29O21S2. The van der Waals surface area contributed by atoms with Crippen LogP contribution < -0.4 is 124 Å². The number of nitrogens with zero attached hydrogens (tertiary/aromatic N) is 2. The maximum Gasteiger partial charge on any atom is 0.305 e. The Morgan fingerprint density at radius 3 is 1.58 bits per heavy atom. The van der Waals surface area contributed by atoms with Crippen LogP contribution >= 0.6 is 25.3 Å². The topological polar surface area (TPSA) is 804 Å². The molecule has 0 aliphatic carbocycles. The van der Waals surface area contributed by atoms with Crippen molar-refractivity contribution in [1.82, 2.24) is 116 Å². The molecule has 52 heteroatoms. The van der Waals surface area contributed by atoms with Crippen LogP contribution in [0.1, 0.15) is 135 Å². The predicted molar refractivity (Wildman–Crippen MR) is 504 cm³/mol. The molecule has 3 heterocycles. The molecule has 137 heavy (non-hydrogen) atoms. The molecule has 17 atom stereocenters. The third kappa shape index (κ3) is 39.6. The molecule has 1 aromatic heterocycles. The van der Waals surface area contributed by atoms with Crippen molar-refractivity contribution in [3.05, 3.63) is 83.9 Å². The number of carbonyl (C=O) groups excluding carboxylic acids is 17. The Hall–Kier alpha value is -13.2. The SMILES string of the molecule is CCCC[C@@H]1NC[C@H](C(=O)N[C@@H](CS)C(=O)CCN[C@@H](CS)C(=O)C(=O)C(CO)NC(=O)[C@@H](NC(=O)C(CCCNC(=N)N)NC(=O)[C@H](CC(=O)O)NC(=O)[C@@H](NC(=O)[C@H](CCCNC(=N)N)NC(=O)CNC(=O)CNC(=O)C(Cc2ccccc2)NNC(Cc2cnc[nH]2)C(=O)N[C@@H](Cc2ccc(O)cc2)C(=O)N2C[C@H](C(N)=O)NC(=O)[C@H]2CCCNC(=N)N)[C@@H](C)CC)[C@@H](C)CC)NC1=O. The number of carbonyl (C=O) groups is 18. The van der Waals surface area contributed by atoms with Crippen LogP contribution in [0.4, 0.5) is 0 Å². The van der Waals surface area contributed by atoms with Crippen LogP contribution in [0.5, 0.6) is 5.75 Å². The van der Waals surface area contributed by atoms with Crippen molar-refractivity contribution in [1.29, 1.82) is 16.2 Å². The number of aromatic nitrogens is 2. The molecule has 0 saturated carbocycles. The number of benzene rings is 2. The number of primary amides is 1. The summed E-state index contributed by atoms with van der Waals surface area (Å²) in [6, 6.07) is -6.84. The van der Waals surface area contributed by atoms with Crippen LogP contribution in [0, 0.1) is 28.1 Å². The van der Waals surface area contributed by atoms with Gasteiger partial charge in [-0.1, -0.05) is 103 Å². The molecular weight excluding hydrogens is 1830 g/mol. The molecule has 14 amide bonds. The average Bonchev–Trinajstić information content (AvgIpc) is 1.49. The number of rotatable bonds is 63. The van der Waals surface area contributed by atoms with Gasteiger partial charge in [0.2, 0.25) is 94.3 Å². The highest BCUT2D eigenvalue weighted by Gasteiger charge is 2.44. The molecule has 4 unspecified atom stereocenters. The number of hydrogen-bond donors (Lipinski definition) is 32. The number of Topliss-reactive ketones (excluding diaryl/α,β-unsaturated/α-hetero) is 3. The number of guanidine groups is 3. The largest absolute Gasteiger partial charge is 0.508 e. The van der Waals surface area contributed by atoms with E-state index in [2.05, 4.69) is 136 Å². The minimum atomic E-state index is -2.03. The lowest BCUT2D eigenvalue weighted by atomic mass is 9.96. The highest BCUT2D eigenvalue weighted by molar-refractivity contribution is 7.80. The number of hydrazine groups is 1. The maximum atomic E-state index is 15.0. The first-order valence-electron chi connectivity index (χ1n) is 45.0. The number of nitrogens with one attached hydrogen (secondary N) is 23. The van der Waals surface area contributed by atoms with E-state index in [0.29, 0.717) is 23.2 Å². The van der Waals surface area contributed by atoms with Crippen molar-refractivity contribution in [3.63, 3.8) is 0 Å². The number of imidazole rings is 1. The van der Waals surface area contributed by atoms with Gasteiger partial charge in [0, 0.05) is 75.4 Å². The number of piperazine rings is 2. The summed E-state index contributed by atoms with van der Waals surface area (Å²) < 4.78 is 0. The lowest BCUT2D eigenvalue weighted by Crippen LogP contribution is -2.67. The quantitative estimate of drug-likeness (QED) is 0.00623. The first-order valence-corrected chi connectivity index (χ1v) is 46.3. The Bertz CT molecular complexity index is 4620. The van der Waals surface area contributed by atoms with Gasteiger partial charge in [0.15, 0.2) is 23.7 Å². The van der Waals surface area contributed by atoms with E-state index < -0.39 is 247 Å². The predicted octanol–water partition coefficient (Wildman–Crippen LogP) is -8.82. The fraction of sp³-hybridized carbons (Fsp3) is 0.576. The summed E-state index contributed by atoms with van der Waals surface area (Å²) in [5.74, 6) is -20.8. The van der Waals surface area contributed by atoms with Crippen molar-refractivity contribution in [2.75, 3.05) is 70.5 Å². The van der Waals surface area contributed by atoms with Gasteiger partial charge < -0.3 is 139 Å². The number of phenolic OH excluding ortho intramolecular Hbond substituents is 1. The smallest absolute Gasteiger partial charge is 0.305 e. The van der Waals surface area contributed by atoms with Gasteiger partial charge in [-0.2, -0.15) is 25.3 Å². The molecule has 2 fully saturated rings. The van der Waals surface area contributed by atoms with Gasteiger partial charge in [-0.3, -0.25) is 103 Å². The molecule has 2 aromatic carbocycles. The average molecular weight is 1960 g/mol. The lowest BCUT2D eigenvalue weighted by Gasteiger charge is -2.40. The Morgan fingerprint density at radius 2 is 1.04 bits per heavy atom. The van der Waals surface area contributed by atoms with Crippen molar-refractivity contribution in [2.45, 2.75) is 228 Å². The number of hydrogen-bond acceptors (Lipinski definition) is 30. The van der Waals surface area contributed by atoms with E-state index in [4.69, 9.17) is 39.2 Å². The van der Waals surface area contributed by atoms with Crippen LogP contribution in [-0.2, 0) is 106 Å². The number of aromatic hydroxyl groups is 1. The first kappa shape index (κ1) is 114. The van der Waals surface area contributed by atoms with Gasteiger partial charge in [0.05, 0.1) is 57.1 Å². The zero-order valence-electron chi connectivity index (χ0n) is 77.0. The van der Waals surface area contributed by atoms with Gasteiger partial charge in [-0.25, -0.2) is 15.8 Å². The molecule has 3 aromatic rings. The number of unbranched alkanes of at least 4 members (excludes halogenated alkanes) is 1. The van der Waals surface area contributed by atoms with E-state index in [1.54, 1.807) is 44.2 Å². The fourth-order valence-corrected chi connectivity index (χ4v) is 15.0. The van der Waals surface area contributed by atoms with E-state index in [0.717, 1.165) is 17.7 Å². The molecule has 34 N–H and O–H groups in total. The summed E-state index contributed by atoms with van der Waals surface area (Å²) in [5, 5.41) is 97.3. The number of phenols is 1. The molecule has 2 saturated heterocycles. The highest BCUT2D eigenvalue weighted by Crippen LogP contribution is 2.21. The van der Waals surface area contributed by atoms with Gasteiger partial charge in [0.1, 0.15) is 78.3 Å². The number of aromatic amines is 1. The minimum absolute atomic E-state index is 0.0117. The third-order valence-electron chi connectivity index (χ3n) is 22.6. The van der Waals surface area contributed by atoms with E-state index >= 15 is 0 Å². The minimum Gasteiger partial charge on any atom is -0.508 e. The standard InChI is InChI=1S/C85H133N29O21S2/c1-6-9-18-50-73(126)106-57(36-98-50)78(131)109-60(41-136)63(117)26-30-94-61(42-137)70(123)69(122)59(40-115)108-81(134)68(45(5)8-3)111-75(128)52(20-14-28-96-84(89)90)103-76(129)53(34-66(120)121)104-80(133)67(44(4)7-2)110-74(127)51(19-13-27-95-83(87)88)102-65(119)38-99-64(118)37-100-72(125)54(31-46-16-11-10-12-17-46)112-113-55(33-48-35-93-43-101-48)77(130)105-56(32-47-22-24-49(116)25-23-47)82(135)114-39-58(71(86)124)107-79(132)62(114)21-15-29-97-85(91)92/h10-12,16-17,22-25,35,43-45,50-62,67-68,94,98,112-113,115-116,136-137H,6-9,13-15,18-21,26-34,36-42H2,1-5H3,(H2,86,124)(H,93,101)(H,99,118)(H,100,125)(H,102,119)(H,103,129)(H,104,133)(H,105,130)(H,106,126)(H,107,132)(H,108,134)(H,109,131)(H,110,127)(H,111,128)(H,120,121)(H4,87,88,95)(H4,89,90,96)(H4,91,92,97)/t44-,45-,50-,51-,52?,53-,54?,55?,56-,57+,58+,59?,60-,61-,62+,67-,68-/m0/s1. The van der Waals surface area contributed by atoms with E-state index in [1.807, 2.05) is 6.92 Å². The summed E-state index contributed by atoms with van der Waals surface area (Å²) in [6.45, 7) is 5.04. The van der Waals surface area contributed by atoms with Crippen molar-refractivity contribution in [3.8, 4) is 5.75 Å². The van der Waals surface area contributed by atoms with E-state index in [9.17, 15) is 102 Å². The van der Waals surface area contributed by atoms with Crippen LogP contribution in [-0.4, -0.2) is 315 Å². The second kappa shape index (κ2) is 59.6. The van der Waals surface area contributed by atoms with Crippen molar-refractivity contribution >= 4 is 149 Å². The van der Waals surface area contributed by atoms with Crippen LogP contribution in [0.25, 0.3) is 0 Å². The number of H-pyrrole nitrogens is 1. The number of nitrogens with two attached hydrogens (primary N) is 4. The first-order chi connectivity index (χ1) is 65.1.